The van der Waals surface area contributed by atoms with Gasteiger partial charge in [-0.3, -0.25) is 0 Å². The van der Waals surface area contributed by atoms with Crippen LogP contribution in [-0.4, -0.2) is 46.3 Å². The van der Waals surface area contributed by atoms with E-state index in [1.165, 1.54) is 6.42 Å². The molecule has 0 aliphatic carbocycles. The van der Waals surface area contributed by atoms with Crippen LogP contribution in [-0.2, 0) is 0 Å². The maximum atomic E-state index is 12.5. The average molecular weight is 291 g/mol. The molecule has 0 saturated carbocycles. The second-order valence-corrected chi connectivity index (χ2v) is 6.69. The summed E-state index contributed by atoms with van der Waals surface area (Å²) in [6.07, 6.45) is 3.52. The Kier molecular flexibility index (Phi) is 4.13. The standard InChI is InChI=1S/C15H25N5O/c1-19(2,3)14-12-13(17-10-8-7-9-11-17)16-15(18(14)21)20(4,5)6/h1,4,12H,7-11H2,2-3,5-6H3/q+2. The molecular weight excluding hydrogens is 266 g/mol. The van der Waals surface area contributed by atoms with Gasteiger partial charge in [0, 0.05) is 18.1 Å². The molecule has 1 aliphatic heterocycles. The van der Waals surface area contributed by atoms with Gasteiger partial charge in [0.15, 0.2) is 0 Å². The molecule has 2 rings (SSSR count). The number of hydrogen-bond donors (Lipinski definition) is 0. The van der Waals surface area contributed by atoms with Crippen molar-refractivity contribution >= 4 is 17.6 Å². The van der Waals surface area contributed by atoms with E-state index in [2.05, 4.69) is 9.88 Å². The van der Waals surface area contributed by atoms with E-state index in [-0.39, 0.29) is 14.9 Å². The second kappa shape index (κ2) is 5.42. The maximum absolute atomic E-state index is 12.5. The molecule has 4 radical (unpaired) electrons. The minimum absolute atomic E-state index is 0.0696. The van der Waals surface area contributed by atoms with Crippen molar-refractivity contribution in [2.75, 3.05) is 46.2 Å². The Morgan fingerprint density at radius 3 is 2.14 bits per heavy atom. The Balaban J connectivity index is 2.56. The predicted molar refractivity (Wildman–Crippen MR) is 85.1 cm³/mol. The molecule has 1 saturated heterocycles. The summed E-state index contributed by atoms with van der Waals surface area (Å²) in [6.45, 7) is 1.90. The molecule has 0 bridgehead atoms. The van der Waals surface area contributed by atoms with Crippen molar-refractivity contribution in [1.82, 2.24) is 14.0 Å². The van der Waals surface area contributed by atoms with E-state index >= 15 is 0 Å². The van der Waals surface area contributed by atoms with Crippen LogP contribution in [0, 0.1) is 19.3 Å². The van der Waals surface area contributed by atoms with Gasteiger partial charge in [0.1, 0.15) is 6.07 Å². The third-order valence-electron chi connectivity index (χ3n) is 3.65. The zero-order valence-electron chi connectivity index (χ0n) is 13.4. The normalized spacial score (nSPS) is 17.1. The number of aromatic nitrogens is 2. The summed E-state index contributed by atoms with van der Waals surface area (Å²) in [7, 11) is 19.1. The van der Waals surface area contributed by atoms with Gasteiger partial charge in [-0.15, -0.1) is 4.73 Å². The molecule has 21 heavy (non-hydrogen) atoms. The fourth-order valence-corrected chi connectivity index (χ4v) is 2.51. The highest BCUT2D eigenvalue weighted by Crippen LogP contribution is 2.26. The van der Waals surface area contributed by atoms with Crippen molar-refractivity contribution < 1.29 is 4.73 Å². The number of hydrogen-bond acceptors (Lipinski definition) is 3. The molecule has 0 aromatic carbocycles. The van der Waals surface area contributed by atoms with Crippen molar-refractivity contribution in [3.05, 3.63) is 25.4 Å². The number of anilines is 1. The Hall–Kier alpha value is -1.40. The molecule has 6 nitrogen and oxygen atoms in total. The molecule has 0 N–H and O–H groups in total. The summed E-state index contributed by atoms with van der Waals surface area (Å²) in [6, 6.07) is 1.78. The van der Waals surface area contributed by atoms with Crippen LogP contribution in [0.2, 0.25) is 0 Å². The van der Waals surface area contributed by atoms with E-state index in [0.29, 0.717) is 5.82 Å². The minimum Gasteiger partial charge on any atom is -0.702 e. The van der Waals surface area contributed by atoms with Crippen molar-refractivity contribution in [3.63, 3.8) is 0 Å². The van der Waals surface area contributed by atoms with E-state index in [1.807, 2.05) is 0 Å². The van der Waals surface area contributed by atoms with Gasteiger partial charge >= 0.3 is 11.8 Å². The molecule has 6 heteroatoms. The Labute approximate surface area is 128 Å². The predicted octanol–water partition coefficient (Wildman–Crippen LogP) is 1.18. The van der Waals surface area contributed by atoms with Crippen LogP contribution in [0.25, 0.3) is 0 Å². The van der Waals surface area contributed by atoms with Crippen molar-refractivity contribution in [2.45, 2.75) is 19.3 Å². The topological polar surface area (TPSA) is 43.1 Å². The maximum Gasteiger partial charge on any atom is 0.507 e. The van der Waals surface area contributed by atoms with E-state index in [0.717, 1.165) is 36.5 Å². The van der Waals surface area contributed by atoms with E-state index in [4.69, 9.17) is 14.1 Å². The Bertz CT molecular complexity index is 475. The van der Waals surface area contributed by atoms with Crippen LogP contribution in [0.4, 0.5) is 17.6 Å². The Morgan fingerprint density at radius 1 is 1.10 bits per heavy atom. The minimum atomic E-state index is -0.141. The van der Waals surface area contributed by atoms with Crippen LogP contribution in [0.15, 0.2) is 6.07 Å². The number of rotatable bonds is 3. The molecule has 1 fully saturated rings. The number of piperidine rings is 1. The van der Waals surface area contributed by atoms with E-state index in [1.54, 1.807) is 34.3 Å². The third kappa shape index (κ3) is 3.44. The molecule has 1 aromatic heterocycles. The molecule has 0 atom stereocenters. The van der Waals surface area contributed by atoms with Gasteiger partial charge in [0.05, 0.1) is 28.2 Å². The highest BCUT2D eigenvalue weighted by molar-refractivity contribution is 5.49. The lowest BCUT2D eigenvalue weighted by Gasteiger charge is -2.29. The molecule has 0 unspecified atom stereocenters. The first-order valence-corrected chi connectivity index (χ1v) is 7.26. The first kappa shape index (κ1) is 16.0. The highest BCUT2D eigenvalue weighted by atomic mass is 16.5. The van der Waals surface area contributed by atoms with Gasteiger partial charge < -0.3 is 10.1 Å². The zero-order chi connectivity index (χ0) is 15.8. The molecule has 1 aromatic rings. The summed E-state index contributed by atoms with van der Waals surface area (Å²) in [5, 5.41) is 12.5. The summed E-state index contributed by atoms with van der Waals surface area (Å²) in [5.74, 6) is 1.45. The highest BCUT2D eigenvalue weighted by Gasteiger charge is 2.36. The largest absolute Gasteiger partial charge is 0.702 e. The first-order chi connectivity index (χ1) is 9.60. The first-order valence-electron chi connectivity index (χ1n) is 7.26. The van der Waals surface area contributed by atoms with Gasteiger partial charge in [0.2, 0.25) is 14.1 Å². The smallest absolute Gasteiger partial charge is 0.507 e. The lowest BCUT2D eigenvalue weighted by atomic mass is 10.1. The lowest BCUT2D eigenvalue weighted by molar-refractivity contribution is -0.594. The molecular formula is C15H25N5O+2. The monoisotopic (exact) mass is 291 g/mol. The van der Waals surface area contributed by atoms with Gasteiger partial charge in [-0.2, -0.15) is 0 Å². The second-order valence-electron chi connectivity index (χ2n) is 6.69. The van der Waals surface area contributed by atoms with Crippen LogP contribution < -0.4 is 18.6 Å². The number of quaternary nitrogens is 2. The van der Waals surface area contributed by atoms with Crippen molar-refractivity contribution in [2.24, 2.45) is 0 Å². The fourth-order valence-electron chi connectivity index (χ4n) is 2.51. The molecule has 0 spiro atoms. The van der Waals surface area contributed by atoms with Crippen molar-refractivity contribution in [1.29, 1.82) is 0 Å². The molecule has 2 heterocycles. The zero-order valence-corrected chi connectivity index (χ0v) is 13.4. The SMILES string of the molecule is [CH][N+](C)(C)c1cc(N2CCCCC2)nc([N+]([CH])(C)C)[n+]1[O-]. The summed E-state index contributed by atoms with van der Waals surface area (Å²) in [4.78, 5) is 6.70. The quantitative estimate of drug-likeness (QED) is 0.477. The summed E-state index contributed by atoms with van der Waals surface area (Å²) < 4.78 is 0.533. The van der Waals surface area contributed by atoms with Gasteiger partial charge in [0.25, 0.3) is 5.82 Å². The fraction of sp³-hybridized carbons (Fsp3) is 0.600. The van der Waals surface area contributed by atoms with Gasteiger partial charge in [-0.25, -0.2) is 8.97 Å². The lowest BCUT2D eigenvalue weighted by Crippen LogP contribution is -2.52. The van der Waals surface area contributed by atoms with Gasteiger partial charge in [-0.1, -0.05) is 0 Å². The van der Waals surface area contributed by atoms with Gasteiger partial charge in [-0.05, 0) is 19.3 Å². The van der Waals surface area contributed by atoms with E-state index in [9.17, 15) is 5.21 Å². The van der Waals surface area contributed by atoms with Crippen LogP contribution in [0.1, 0.15) is 19.3 Å². The van der Waals surface area contributed by atoms with Crippen molar-refractivity contribution in [3.8, 4) is 0 Å². The van der Waals surface area contributed by atoms with Crippen LogP contribution >= 0.6 is 0 Å². The number of nitrogens with zero attached hydrogens (tertiary/aromatic N) is 5. The molecule has 0 amide bonds. The average Bonchev–Trinajstić information content (AvgIpc) is 2.37. The van der Waals surface area contributed by atoms with Crippen LogP contribution in [0.5, 0.6) is 0 Å². The van der Waals surface area contributed by atoms with Crippen LogP contribution in [0.3, 0.4) is 0 Å². The molecule has 1 aliphatic rings. The third-order valence-corrected chi connectivity index (χ3v) is 3.65. The van der Waals surface area contributed by atoms with E-state index < -0.39 is 0 Å². The summed E-state index contributed by atoms with van der Waals surface area (Å²) >= 11 is 0. The Morgan fingerprint density at radius 2 is 1.67 bits per heavy atom. The molecule has 114 valence electrons. The summed E-state index contributed by atoms with van der Waals surface area (Å²) in [5.41, 5.74) is 0.